The lowest BCUT2D eigenvalue weighted by atomic mass is 10.0. The summed E-state index contributed by atoms with van der Waals surface area (Å²) in [6.07, 6.45) is 4.14. The minimum atomic E-state index is 0.0195. The minimum Gasteiger partial charge on any atom is -0.350 e. The van der Waals surface area contributed by atoms with Gasteiger partial charge in [-0.1, -0.05) is 44.9 Å². The molecular weight excluding hydrogens is 248 g/mol. The quantitative estimate of drug-likeness (QED) is 0.766. The van der Waals surface area contributed by atoms with Crippen molar-refractivity contribution in [2.75, 3.05) is 6.54 Å². The van der Waals surface area contributed by atoms with Crippen LogP contribution in [0.5, 0.6) is 0 Å². The van der Waals surface area contributed by atoms with Crippen molar-refractivity contribution in [2.45, 2.75) is 52.5 Å². The van der Waals surface area contributed by atoms with Crippen LogP contribution >= 0.6 is 0 Å². The van der Waals surface area contributed by atoms with E-state index in [1.165, 1.54) is 6.42 Å². The first kappa shape index (κ1) is 16.7. The second-order valence-electron chi connectivity index (χ2n) is 5.90. The molecule has 0 radical (unpaired) electrons. The van der Waals surface area contributed by atoms with Gasteiger partial charge in [0.1, 0.15) is 0 Å². The summed E-state index contributed by atoms with van der Waals surface area (Å²) < 4.78 is 0. The highest BCUT2D eigenvalue weighted by Gasteiger charge is 2.13. The van der Waals surface area contributed by atoms with Gasteiger partial charge in [0.05, 0.1) is 0 Å². The molecule has 0 saturated heterocycles. The van der Waals surface area contributed by atoms with Gasteiger partial charge in [0.2, 0.25) is 0 Å². The average molecular weight is 276 g/mol. The minimum absolute atomic E-state index is 0.0195. The van der Waals surface area contributed by atoms with Crippen molar-refractivity contribution in [2.24, 2.45) is 11.7 Å². The van der Waals surface area contributed by atoms with Crippen molar-refractivity contribution >= 4 is 5.91 Å². The Kier molecular flexibility index (Phi) is 7.31. The molecule has 3 nitrogen and oxygen atoms in total. The first-order chi connectivity index (χ1) is 9.54. The molecule has 1 aromatic rings. The molecule has 3 N–H and O–H groups in total. The van der Waals surface area contributed by atoms with E-state index in [4.69, 9.17) is 5.73 Å². The highest BCUT2D eigenvalue weighted by Crippen LogP contribution is 2.11. The van der Waals surface area contributed by atoms with Crippen molar-refractivity contribution in [3.63, 3.8) is 0 Å². The topological polar surface area (TPSA) is 55.1 Å². The van der Waals surface area contributed by atoms with Crippen molar-refractivity contribution in [3.05, 3.63) is 35.4 Å². The van der Waals surface area contributed by atoms with E-state index in [0.29, 0.717) is 6.54 Å². The van der Waals surface area contributed by atoms with Gasteiger partial charge in [-0.05, 0) is 43.9 Å². The van der Waals surface area contributed by atoms with Gasteiger partial charge in [-0.3, -0.25) is 4.79 Å². The van der Waals surface area contributed by atoms with Gasteiger partial charge < -0.3 is 11.1 Å². The fraction of sp³-hybridized carbons (Fsp3) is 0.588. The molecular formula is C17H28N2O. The predicted octanol–water partition coefficient (Wildman–Crippen LogP) is 3.13. The predicted molar refractivity (Wildman–Crippen MR) is 84.8 cm³/mol. The van der Waals surface area contributed by atoms with Crippen LogP contribution in [0.2, 0.25) is 0 Å². The van der Waals surface area contributed by atoms with E-state index in [2.05, 4.69) is 26.1 Å². The first-order valence-electron chi connectivity index (χ1n) is 7.63. The molecule has 1 aromatic carbocycles. The molecule has 1 rings (SSSR count). The van der Waals surface area contributed by atoms with Gasteiger partial charge in [-0.25, -0.2) is 0 Å². The summed E-state index contributed by atoms with van der Waals surface area (Å²) in [6, 6.07) is 7.92. The van der Waals surface area contributed by atoms with Crippen molar-refractivity contribution in [1.29, 1.82) is 0 Å². The monoisotopic (exact) mass is 276 g/mol. The molecule has 0 bridgehead atoms. The summed E-state index contributed by atoms with van der Waals surface area (Å²) in [5.74, 6) is 0.745. The van der Waals surface area contributed by atoms with Gasteiger partial charge in [0.25, 0.3) is 5.91 Å². The summed E-state index contributed by atoms with van der Waals surface area (Å²) >= 11 is 0. The Morgan fingerprint density at radius 3 is 2.55 bits per heavy atom. The fourth-order valence-corrected chi connectivity index (χ4v) is 2.32. The van der Waals surface area contributed by atoms with E-state index in [9.17, 15) is 4.79 Å². The zero-order valence-electron chi connectivity index (χ0n) is 13.0. The van der Waals surface area contributed by atoms with Crippen LogP contribution in [0.4, 0.5) is 0 Å². The Labute approximate surface area is 122 Å². The van der Waals surface area contributed by atoms with Crippen molar-refractivity contribution in [3.8, 4) is 0 Å². The van der Waals surface area contributed by atoms with Gasteiger partial charge >= 0.3 is 0 Å². The van der Waals surface area contributed by atoms with E-state index in [1.807, 2.05) is 24.3 Å². The standard InChI is InChI=1S/C17H28N2O/c1-13(2)7-6-8-14(3)19-17(20)16-10-5-4-9-15(16)11-12-18/h4-5,9-10,13-14H,6-8,11-12,18H2,1-3H3,(H,19,20). The van der Waals surface area contributed by atoms with Crippen LogP contribution in [0.15, 0.2) is 24.3 Å². The van der Waals surface area contributed by atoms with E-state index >= 15 is 0 Å². The fourth-order valence-electron chi connectivity index (χ4n) is 2.32. The third-order valence-corrected chi connectivity index (χ3v) is 3.47. The number of hydrogen-bond donors (Lipinski definition) is 2. The molecule has 0 heterocycles. The highest BCUT2D eigenvalue weighted by atomic mass is 16.1. The van der Waals surface area contributed by atoms with E-state index in [-0.39, 0.29) is 11.9 Å². The Morgan fingerprint density at radius 1 is 1.20 bits per heavy atom. The van der Waals surface area contributed by atoms with Crippen LogP contribution in [0.25, 0.3) is 0 Å². The second kappa shape index (κ2) is 8.75. The largest absolute Gasteiger partial charge is 0.350 e. The highest BCUT2D eigenvalue weighted by molar-refractivity contribution is 5.95. The number of benzene rings is 1. The second-order valence-corrected chi connectivity index (χ2v) is 5.90. The van der Waals surface area contributed by atoms with Gasteiger partial charge in [0.15, 0.2) is 0 Å². The zero-order valence-corrected chi connectivity index (χ0v) is 13.0. The average Bonchev–Trinajstić information content (AvgIpc) is 2.39. The molecule has 0 aromatic heterocycles. The first-order valence-corrected chi connectivity index (χ1v) is 7.63. The number of carbonyl (C=O) groups is 1. The normalized spacial score (nSPS) is 12.4. The van der Waals surface area contributed by atoms with Crippen LogP contribution in [0, 0.1) is 5.92 Å². The summed E-state index contributed by atoms with van der Waals surface area (Å²) in [5.41, 5.74) is 7.38. The maximum atomic E-state index is 12.3. The Hall–Kier alpha value is -1.35. The molecule has 0 aliphatic carbocycles. The third kappa shape index (κ3) is 5.74. The molecule has 20 heavy (non-hydrogen) atoms. The lowest BCUT2D eigenvalue weighted by molar-refractivity contribution is 0.0937. The molecule has 1 amide bonds. The zero-order chi connectivity index (χ0) is 15.0. The SMILES string of the molecule is CC(C)CCCC(C)NC(=O)c1ccccc1CCN. The van der Waals surface area contributed by atoms with Gasteiger partial charge in [-0.15, -0.1) is 0 Å². The number of nitrogens with one attached hydrogen (secondary N) is 1. The van der Waals surface area contributed by atoms with Gasteiger partial charge in [0, 0.05) is 11.6 Å². The lowest BCUT2D eigenvalue weighted by Gasteiger charge is -2.16. The number of nitrogens with two attached hydrogens (primary N) is 1. The molecule has 0 spiro atoms. The Bertz CT molecular complexity index is 415. The molecule has 1 atom stereocenters. The van der Waals surface area contributed by atoms with Crippen molar-refractivity contribution < 1.29 is 4.79 Å². The number of carbonyl (C=O) groups excluding carboxylic acids is 1. The van der Waals surface area contributed by atoms with Gasteiger partial charge in [-0.2, -0.15) is 0 Å². The number of amides is 1. The molecule has 0 saturated carbocycles. The number of hydrogen-bond acceptors (Lipinski definition) is 2. The maximum absolute atomic E-state index is 12.3. The van der Waals surface area contributed by atoms with E-state index in [1.54, 1.807) is 0 Å². The summed E-state index contributed by atoms with van der Waals surface area (Å²) in [6.45, 7) is 7.09. The molecule has 3 heteroatoms. The molecule has 1 unspecified atom stereocenters. The van der Waals surface area contributed by atoms with Crippen LogP contribution in [0.3, 0.4) is 0 Å². The Morgan fingerprint density at radius 2 is 1.90 bits per heavy atom. The van der Waals surface area contributed by atoms with Crippen LogP contribution in [0.1, 0.15) is 56.0 Å². The molecule has 0 aliphatic rings. The van der Waals surface area contributed by atoms with Crippen LogP contribution in [-0.4, -0.2) is 18.5 Å². The maximum Gasteiger partial charge on any atom is 0.251 e. The number of rotatable bonds is 8. The van der Waals surface area contributed by atoms with E-state index in [0.717, 1.165) is 36.3 Å². The van der Waals surface area contributed by atoms with Crippen LogP contribution < -0.4 is 11.1 Å². The van der Waals surface area contributed by atoms with Crippen molar-refractivity contribution in [1.82, 2.24) is 5.32 Å². The summed E-state index contributed by atoms with van der Waals surface area (Å²) in [5, 5.41) is 3.09. The third-order valence-electron chi connectivity index (χ3n) is 3.47. The molecule has 0 aliphatic heterocycles. The molecule has 0 fully saturated rings. The Balaban J connectivity index is 2.53. The molecule has 112 valence electrons. The summed E-state index contributed by atoms with van der Waals surface area (Å²) in [4.78, 5) is 12.3. The lowest BCUT2D eigenvalue weighted by Crippen LogP contribution is -2.33. The smallest absolute Gasteiger partial charge is 0.251 e. The summed E-state index contributed by atoms with van der Waals surface area (Å²) in [7, 11) is 0. The van der Waals surface area contributed by atoms with Crippen LogP contribution in [-0.2, 0) is 6.42 Å². The van der Waals surface area contributed by atoms with E-state index < -0.39 is 0 Å².